The van der Waals surface area contributed by atoms with Gasteiger partial charge in [0.2, 0.25) is 0 Å². The Kier molecular flexibility index (Phi) is 46.2. The minimum atomic E-state index is -0.394. The second kappa shape index (κ2) is 54.5. The van der Waals surface area contributed by atoms with E-state index in [1.54, 1.807) is 7.11 Å². The van der Waals surface area contributed by atoms with E-state index < -0.39 is 5.60 Å². The van der Waals surface area contributed by atoms with Crippen molar-refractivity contribution in [1.82, 2.24) is 0 Å². The average molecular weight is 1620 g/mol. The number of methoxy groups -OCH3 is 1. The van der Waals surface area contributed by atoms with Gasteiger partial charge in [-0.15, -0.1) is 0 Å². The maximum atomic E-state index is 12.9. The third-order valence-electron chi connectivity index (χ3n) is 26.0. The molecule has 0 radical (unpaired) electrons. The number of hydrogen-bond donors (Lipinski definition) is 0. The number of esters is 1. The molecule has 5 aliphatic carbocycles. The molecule has 5 fully saturated rings. The predicted octanol–water partition coefficient (Wildman–Crippen LogP) is 27.9. The zero-order valence-electron chi connectivity index (χ0n) is 76.4. The van der Waals surface area contributed by atoms with Crippen molar-refractivity contribution in [2.75, 3.05) is 33.7 Å². The van der Waals surface area contributed by atoms with Gasteiger partial charge >= 0.3 is 5.97 Å². The zero-order chi connectivity index (χ0) is 85.1. The molecule has 6 aromatic rings. The first-order valence-corrected chi connectivity index (χ1v) is 45.9. The number of rotatable bonds is 37. The van der Waals surface area contributed by atoms with E-state index in [9.17, 15) is 9.59 Å². The second-order valence-corrected chi connectivity index (χ2v) is 34.4. The first-order valence-electron chi connectivity index (χ1n) is 45.9. The number of benzene rings is 6. The smallest absolute Gasteiger partial charge is 0.309 e. The van der Waals surface area contributed by atoms with Crippen molar-refractivity contribution in [3.8, 4) is 28.7 Å². The Bertz CT molecular complexity index is 3540. The van der Waals surface area contributed by atoms with Gasteiger partial charge in [-0.25, -0.2) is 0 Å². The first-order chi connectivity index (χ1) is 56.4. The van der Waals surface area contributed by atoms with Crippen molar-refractivity contribution in [3.05, 3.63) is 185 Å². The lowest BCUT2D eigenvalue weighted by atomic mass is 9.74. The van der Waals surface area contributed by atoms with E-state index in [4.69, 9.17) is 52.1 Å². The van der Waals surface area contributed by atoms with Crippen LogP contribution in [0.3, 0.4) is 0 Å². The lowest BCUT2D eigenvalue weighted by Crippen LogP contribution is -2.44. The van der Waals surface area contributed by atoms with E-state index in [-0.39, 0.29) is 37.0 Å². The first kappa shape index (κ1) is 99.1. The Hall–Kier alpha value is -6.74. The topological polar surface area (TPSA) is 136 Å². The largest absolute Gasteiger partial charge is 0.468 e. The van der Waals surface area contributed by atoms with Crippen LogP contribution in [0.2, 0.25) is 0 Å². The molecule has 6 aromatic carbocycles. The van der Waals surface area contributed by atoms with Crippen LogP contribution in [0, 0.1) is 41.4 Å². The van der Waals surface area contributed by atoms with Gasteiger partial charge in [0.1, 0.15) is 40.1 Å². The average Bonchev–Trinajstić information content (AvgIpc) is 1.60. The van der Waals surface area contributed by atoms with Gasteiger partial charge < -0.3 is 52.1 Å². The fraction of sp³-hybridized carbons (Fsp3) is 0.635. The fourth-order valence-electron chi connectivity index (χ4n) is 16.7. The normalized spacial score (nSPS) is 20.8. The summed E-state index contributed by atoms with van der Waals surface area (Å²) in [5, 5.41) is 0. The van der Waals surface area contributed by atoms with E-state index in [0.29, 0.717) is 98.0 Å². The van der Waals surface area contributed by atoms with E-state index in [1.165, 1.54) is 123 Å². The van der Waals surface area contributed by atoms with Crippen molar-refractivity contribution in [3.63, 3.8) is 0 Å². The summed E-state index contributed by atoms with van der Waals surface area (Å²) >= 11 is 0. The minimum absolute atomic E-state index is 0.0394. The van der Waals surface area contributed by atoms with E-state index in [0.717, 1.165) is 98.6 Å². The molecule has 117 heavy (non-hydrogen) atoms. The summed E-state index contributed by atoms with van der Waals surface area (Å²) < 4.78 is 62.2. The lowest BCUT2D eigenvalue weighted by molar-refractivity contribution is -0.174. The number of hydrogen-bond acceptors (Lipinski definition) is 13. The predicted molar refractivity (Wildman–Crippen MR) is 481 cm³/mol. The molecular formula is C104H158O13. The molecule has 0 spiro atoms. The van der Waals surface area contributed by atoms with Gasteiger partial charge in [0.15, 0.2) is 32.0 Å². The summed E-state index contributed by atoms with van der Waals surface area (Å²) in [4.78, 5) is 24.4. The van der Waals surface area contributed by atoms with Gasteiger partial charge in [0.05, 0.1) is 25.2 Å². The SMILES string of the molecule is CCC(C)(OC(=O)C1CC2CC1C(C)C2C)C1CCC(=O)CC1.CCC(C)c1ccc(OC(C)OC2CCCCC2)cc1.CCC(C)c1ccc(OC(C)OCCC2CCCCC2)cc1.CCC(C)c1ccc(OC(C)OCCc2ccccc2)cc1.CCC(C)c1ccc(OCOC)cc1.CCOC(C)Oc1ccc(C(C)CC)cc1. The van der Waals surface area contributed by atoms with Crippen molar-refractivity contribution < 1.29 is 61.7 Å². The summed E-state index contributed by atoms with van der Waals surface area (Å²) in [6, 6.07) is 52.0. The summed E-state index contributed by atoms with van der Waals surface area (Å²) in [5.41, 5.74) is 7.71. The van der Waals surface area contributed by atoms with Crippen LogP contribution >= 0.6 is 0 Å². The van der Waals surface area contributed by atoms with Crippen LogP contribution in [0.15, 0.2) is 152 Å². The van der Waals surface area contributed by atoms with Crippen molar-refractivity contribution in [2.24, 2.45) is 41.4 Å². The third-order valence-corrected chi connectivity index (χ3v) is 26.0. The van der Waals surface area contributed by atoms with Crippen LogP contribution in [0.5, 0.6) is 28.7 Å². The molecule has 0 aliphatic heterocycles. The molecule has 5 saturated carbocycles. The van der Waals surface area contributed by atoms with E-state index in [2.05, 4.69) is 194 Å². The Morgan fingerprint density at radius 1 is 0.444 bits per heavy atom. The van der Waals surface area contributed by atoms with Crippen molar-refractivity contribution in [2.45, 2.75) is 352 Å². The summed E-state index contributed by atoms with van der Waals surface area (Å²) in [6.07, 6.45) is 27.0. The molecule has 15 atom stereocenters. The van der Waals surface area contributed by atoms with Crippen molar-refractivity contribution >= 4 is 11.8 Å². The zero-order valence-corrected chi connectivity index (χ0v) is 76.4. The maximum Gasteiger partial charge on any atom is 0.309 e. The van der Waals surface area contributed by atoms with Gasteiger partial charge in [0.25, 0.3) is 0 Å². The third kappa shape index (κ3) is 35.5. The fourth-order valence-corrected chi connectivity index (χ4v) is 16.7. The minimum Gasteiger partial charge on any atom is -0.468 e. The second-order valence-electron chi connectivity index (χ2n) is 34.4. The standard InChI is InChI=1S/C20H32O3.C20H32O2.C20H26O2.C18H28O2.C14H22O2.C12H18O2/c1-5-20(4,15-6-8-16(21)9-7-15)23-19(22)18-11-14-10-17(18)13(3)12(14)2;2*1-4-16(2)19-10-12-20(13-11-19)22-17(3)21-15-14-18-8-6-5-7-9-18;1-4-14(2)16-10-12-18(13-11-16)20-15(3)19-17-8-6-5-7-9-17;1-5-11(3)13-7-9-14(10-8-13)16-12(4)15-6-2;1-4-10(2)11-5-7-12(8-6-11)14-9-13-3/h12-15,17-18H,5-11H2,1-4H3;10-13,16-18H,4-9,14-15H2,1-3H3;5-13,16-17H,4,14-15H2,1-3H3;10-15,17H,4-9H2,1-3H3;7-12H,5-6H2,1-4H3;5-8,10H,4,9H2,1-3H3. The van der Waals surface area contributed by atoms with Crippen LogP contribution in [0.25, 0.3) is 0 Å². The molecule has 13 heteroatoms. The molecule has 2 bridgehead atoms. The monoisotopic (exact) mass is 1620 g/mol. The summed E-state index contributed by atoms with van der Waals surface area (Å²) in [7, 11) is 1.62. The van der Waals surface area contributed by atoms with E-state index >= 15 is 0 Å². The van der Waals surface area contributed by atoms with Crippen LogP contribution in [-0.2, 0) is 44.4 Å². The summed E-state index contributed by atoms with van der Waals surface area (Å²) in [6.45, 7) is 43.4. The van der Waals surface area contributed by atoms with Gasteiger partial charge in [-0.1, -0.05) is 232 Å². The van der Waals surface area contributed by atoms with Gasteiger partial charge in [-0.2, -0.15) is 0 Å². The Labute approximate surface area is 710 Å². The number of carbonyl (C=O) groups excluding carboxylic acids is 2. The maximum absolute atomic E-state index is 12.9. The molecule has 11 rings (SSSR count). The Morgan fingerprint density at radius 2 is 0.838 bits per heavy atom. The number of fused-ring (bicyclic) bond motifs is 2. The Balaban J connectivity index is 0.000000220. The molecular weight excluding hydrogens is 1460 g/mol. The molecule has 0 aromatic heterocycles. The van der Waals surface area contributed by atoms with Crippen LogP contribution in [-0.4, -0.2) is 82.3 Å². The van der Waals surface area contributed by atoms with Gasteiger partial charge in [-0.05, 0) is 291 Å². The molecule has 0 saturated heterocycles. The highest BCUT2D eigenvalue weighted by Gasteiger charge is 2.53. The van der Waals surface area contributed by atoms with Crippen LogP contribution in [0.1, 0.15) is 342 Å². The van der Waals surface area contributed by atoms with Gasteiger partial charge in [-0.3, -0.25) is 9.59 Å². The number of ketones is 1. The van der Waals surface area contributed by atoms with Crippen LogP contribution in [0.4, 0.5) is 0 Å². The highest BCUT2D eigenvalue weighted by atomic mass is 16.7. The number of carbonyl (C=O) groups is 2. The Morgan fingerprint density at radius 3 is 1.22 bits per heavy atom. The number of ether oxygens (including phenoxy) is 11. The quantitative estimate of drug-likeness (QED) is 0.0271. The molecule has 15 unspecified atom stereocenters. The molecule has 0 amide bonds. The lowest BCUT2D eigenvalue weighted by Gasteiger charge is -2.40. The van der Waals surface area contributed by atoms with E-state index in [1.807, 2.05) is 89.2 Å². The highest BCUT2D eigenvalue weighted by molar-refractivity contribution is 5.79. The summed E-state index contributed by atoms with van der Waals surface area (Å²) in [5.74, 6) is 11.8. The van der Waals surface area contributed by atoms with Gasteiger partial charge in [0, 0.05) is 26.6 Å². The van der Waals surface area contributed by atoms with Crippen molar-refractivity contribution in [1.29, 1.82) is 0 Å². The molecule has 0 N–H and O–H groups in total. The molecule has 652 valence electrons. The van der Waals surface area contributed by atoms with Crippen LogP contribution < -0.4 is 23.7 Å². The molecule has 13 nitrogen and oxygen atoms in total. The molecule has 0 heterocycles. The molecule has 5 aliphatic rings. The highest BCUT2D eigenvalue weighted by Crippen LogP contribution is 2.56. The number of Topliss-reactive ketones (excluding diaryl/α,β-unsaturated/α-hetero) is 1.